The number of aromatic amines is 1. The largest absolute Gasteiger partial charge is 0.357 e. The molecular formula is C18H16Cl2NO2S. The highest BCUT2D eigenvalue weighted by Crippen LogP contribution is 2.33. The van der Waals surface area contributed by atoms with E-state index in [4.69, 9.17) is 23.2 Å². The molecule has 0 atom stereocenters. The van der Waals surface area contributed by atoms with Crippen molar-refractivity contribution in [1.82, 2.24) is 4.98 Å². The summed E-state index contributed by atoms with van der Waals surface area (Å²) in [4.78, 5) is 3.47. The average molecular weight is 381 g/mol. The number of hydrogen-bond acceptors (Lipinski definition) is 2. The quantitative estimate of drug-likeness (QED) is 0.681. The van der Waals surface area contributed by atoms with Crippen molar-refractivity contribution in [1.29, 1.82) is 0 Å². The summed E-state index contributed by atoms with van der Waals surface area (Å²) in [6.07, 6.45) is 0.453. The Bertz CT molecular complexity index is 1010. The third-order valence-corrected chi connectivity index (χ3v) is 6.29. The van der Waals surface area contributed by atoms with Crippen LogP contribution >= 0.6 is 23.2 Å². The Labute approximate surface area is 151 Å². The molecule has 0 aliphatic heterocycles. The number of H-pyrrole nitrogens is 1. The molecule has 1 radical (unpaired) electrons. The molecule has 0 fully saturated rings. The van der Waals surface area contributed by atoms with Crippen molar-refractivity contribution in [3.8, 4) is 0 Å². The minimum atomic E-state index is -3.50. The zero-order valence-electron chi connectivity index (χ0n) is 13.1. The fraction of sp³-hybridized carbons (Fsp3) is 0.167. The molecule has 0 aliphatic carbocycles. The predicted molar refractivity (Wildman–Crippen MR) is 99.4 cm³/mol. The smallest absolute Gasteiger partial charge is 0.183 e. The van der Waals surface area contributed by atoms with Gasteiger partial charge < -0.3 is 4.98 Å². The van der Waals surface area contributed by atoms with Gasteiger partial charge in [0, 0.05) is 16.1 Å². The Balaban J connectivity index is 2.11. The number of sulfone groups is 1. The SMILES string of the molecule is [CH2]Cc1c(CS(=O)(=O)c2ccc(Cl)cc2)[nH]c2c(C)ccc(Cl)c12. The Morgan fingerprint density at radius 2 is 1.75 bits per heavy atom. The van der Waals surface area contributed by atoms with Crippen molar-refractivity contribution in [3.63, 3.8) is 0 Å². The number of aromatic nitrogens is 1. The maximum absolute atomic E-state index is 12.7. The van der Waals surface area contributed by atoms with E-state index >= 15 is 0 Å². The van der Waals surface area contributed by atoms with E-state index in [0.29, 0.717) is 22.2 Å². The van der Waals surface area contributed by atoms with E-state index in [1.807, 2.05) is 19.1 Å². The second kappa shape index (κ2) is 6.43. The van der Waals surface area contributed by atoms with Gasteiger partial charge in [-0.15, -0.1) is 0 Å². The molecule has 1 heterocycles. The molecular weight excluding hydrogens is 365 g/mol. The normalized spacial score (nSPS) is 12.0. The lowest BCUT2D eigenvalue weighted by Crippen LogP contribution is -2.06. The van der Waals surface area contributed by atoms with E-state index < -0.39 is 9.84 Å². The Kier molecular flexibility index (Phi) is 4.65. The Morgan fingerprint density at radius 3 is 2.38 bits per heavy atom. The van der Waals surface area contributed by atoms with Crippen LogP contribution in [0.3, 0.4) is 0 Å². The zero-order chi connectivity index (χ0) is 17.5. The highest BCUT2D eigenvalue weighted by molar-refractivity contribution is 7.90. The second-order valence-electron chi connectivity index (χ2n) is 5.66. The van der Waals surface area contributed by atoms with Crippen LogP contribution in [0.1, 0.15) is 16.8 Å². The Hall–Kier alpha value is -1.49. The fourth-order valence-electron chi connectivity index (χ4n) is 2.83. The van der Waals surface area contributed by atoms with Crippen LogP contribution < -0.4 is 0 Å². The van der Waals surface area contributed by atoms with Crippen LogP contribution in [0.15, 0.2) is 41.3 Å². The molecule has 3 nitrogen and oxygen atoms in total. The van der Waals surface area contributed by atoms with Gasteiger partial charge in [-0.05, 0) is 61.7 Å². The van der Waals surface area contributed by atoms with Crippen LogP contribution in [0, 0.1) is 13.8 Å². The first-order chi connectivity index (χ1) is 11.3. The van der Waals surface area contributed by atoms with Crippen LogP contribution in [0.25, 0.3) is 10.9 Å². The Morgan fingerprint density at radius 1 is 1.08 bits per heavy atom. The van der Waals surface area contributed by atoms with Gasteiger partial charge in [-0.25, -0.2) is 8.42 Å². The number of hydrogen-bond donors (Lipinski definition) is 1. The van der Waals surface area contributed by atoms with Gasteiger partial charge in [-0.1, -0.05) is 29.3 Å². The first-order valence-electron chi connectivity index (χ1n) is 7.39. The summed E-state index contributed by atoms with van der Waals surface area (Å²) in [5.74, 6) is -0.135. The maximum Gasteiger partial charge on any atom is 0.183 e. The molecule has 0 amide bonds. The third kappa shape index (κ3) is 3.06. The van der Waals surface area contributed by atoms with Gasteiger partial charge in [0.2, 0.25) is 0 Å². The fourth-order valence-corrected chi connectivity index (χ4v) is 4.57. The molecule has 0 unspecified atom stereocenters. The number of aryl methyl sites for hydroxylation is 1. The van der Waals surface area contributed by atoms with Crippen LogP contribution in [0.4, 0.5) is 0 Å². The first-order valence-corrected chi connectivity index (χ1v) is 9.80. The molecule has 0 aliphatic rings. The lowest BCUT2D eigenvalue weighted by atomic mass is 10.1. The standard InChI is InChI=1S/C18H16Cl2NO2S/c1-3-14-16(21-18-11(2)4-9-15(20)17(14)18)10-24(22,23)13-7-5-12(19)6-8-13/h4-9,21H,1,3,10H2,2H3. The van der Waals surface area contributed by atoms with E-state index in [9.17, 15) is 8.42 Å². The molecule has 6 heteroatoms. The van der Waals surface area contributed by atoms with Gasteiger partial charge in [0.25, 0.3) is 0 Å². The van der Waals surface area contributed by atoms with Gasteiger partial charge in [0.05, 0.1) is 21.2 Å². The lowest BCUT2D eigenvalue weighted by Gasteiger charge is -2.06. The van der Waals surface area contributed by atoms with Gasteiger partial charge in [0.1, 0.15) is 0 Å². The van der Waals surface area contributed by atoms with E-state index in [1.54, 1.807) is 12.1 Å². The highest BCUT2D eigenvalue weighted by Gasteiger charge is 2.21. The molecule has 125 valence electrons. The molecule has 1 N–H and O–H groups in total. The molecule has 0 saturated carbocycles. The van der Waals surface area contributed by atoms with E-state index in [1.165, 1.54) is 12.1 Å². The van der Waals surface area contributed by atoms with Crippen molar-refractivity contribution < 1.29 is 8.42 Å². The number of halogens is 2. The van der Waals surface area contributed by atoms with Crippen LogP contribution in [0.5, 0.6) is 0 Å². The zero-order valence-corrected chi connectivity index (χ0v) is 15.4. The topological polar surface area (TPSA) is 49.9 Å². The third-order valence-electron chi connectivity index (χ3n) is 4.06. The number of rotatable bonds is 4. The molecule has 3 rings (SSSR count). The molecule has 1 aromatic heterocycles. The van der Waals surface area contributed by atoms with E-state index in [0.717, 1.165) is 22.0 Å². The van der Waals surface area contributed by atoms with Gasteiger partial charge >= 0.3 is 0 Å². The van der Waals surface area contributed by atoms with Crippen molar-refractivity contribution in [2.24, 2.45) is 0 Å². The van der Waals surface area contributed by atoms with Crippen LogP contribution in [-0.4, -0.2) is 13.4 Å². The molecule has 24 heavy (non-hydrogen) atoms. The number of nitrogens with one attached hydrogen (secondary N) is 1. The molecule has 0 spiro atoms. The van der Waals surface area contributed by atoms with Crippen molar-refractivity contribution >= 4 is 43.9 Å². The molecule has 2 aromatic carbocycles. The maximum atomic E-state index is 12.7. The summed E-state index contributed by atoms with van der Waals surface area (Å²) < 4.78 is 25.4. The highest BCUT2D eigenvalue weighted by atomic mass is 35.5. The summed E-state index contributed by atoms with van der Waals surface area (Å²) in [6, 6.07) is 9.91. The van der Waals surface area contributed by atoms with E-state index in [2.05, 4.69) is 11.9 Å². The average Bonchev–Trinajstić information content (AvgIpc) is 2.90. The molecule has 3 aromatic rings. The molecule has 0 saturated heterocycles. The summed E-state index contributed by atoms with van der Waals surface area (Å²) in [5.41, 5.74) is 3.35. The summed E-state index contributed by atoms with van der Waals surface area (Å²) in [6.45, 7) is 5.89. The number of benzene rings is 2. The monoisotopic (exact) mass is 380 g/mol. The van der Waals surface area contributed by atoms with Crippen LogP contribution in [0.2, 0.25) is 10.0 Å². The minimum absolute atomic E-state index is 0.135. The summed E-state index contributed by atoms with van der Waals surface area (Å²) >= 11 is 12.2. The van der Waals surface area contributed by atoms with Crippen LogP contribution in [-0.2, 0) is 22.0 Å². The second-order valence-corrected chi connectivity index (χ2v) is 8.49. The van der Waals surface area contributed by atoms with Crippen molar-refractivity contribution in [2.45, 2.75) is 24.0 Å². The lowest BCUT2D eigenvalue weighted by molar-refractivity contribution is 0.594. The summed E-state index contributed by atoms with van der Waals surface area (Å²) in [5, 5.41) is 1.95. The van der Waals surface area contributed by atoms with Gasteiger partial charge in [-0.2, -0.15) is 0 Å². The van der Waals surface area contributed by atoms with Gasteiger partial charge in [0.15, 0.2) is 9.84 Å². The van der Waals surface area contributed by atoms with Crippen molar-refractivity contribution in [2.75, 3.05) is 0 Å². The summed E-state index contributed by atoms with van der Waals surface area (Å²) in [7, 11) is -3.50. The van der Waals surface area contributed by atoms with Gasteiger partial charge in [-0.3, -0.25) is 0 Å². The first kappa shape index (κ1) is 17.3. The number of fused-ring (bicyclic) bond motifs is 1. The minimum Gasteiger partial charge on any atom is -0.357 e. The van der Waals surface area contributed by atoms with Crippen molar-refractivity contribution in [3.05, 3.63) is 70.2 Å². The van der Waals surface area contributed by atoms with E-state index in [-0.39, 0.29) is 10.6 Å². The molecule has 0 bridgehead atoms. The predicted octanol–water partition coefficient (Wildman–Crippen LogP) is 5.13.